The summed E-state index contributed by atoms with van der Waals surface area (Å²) >= 11 is 6.27. The molecule has 0 aliphatic heterocycles. The predicted molar refractivity (Wildman–Crippen MR) is 108 cm³/mol. The Morgan fingerprint density at radius 1 is 0.800 bits per heavy atom. The first-order chi connectivity index (χ1) is 12.2. The standard InChI is InChI=1S/C22H15ClN2/c1-3-14-12-13-19-20(16(14)4-2)24-22(23)25-21(19)18-11-7-9-15-8-5-6-10-17(15)18/h3-13H,1-2H2. The highest BCUT2D eigenvalue weighted by molar-refractivity contribution is 6.29. The number of nitrogens with zero attached hydrogens (tertiary/aromatic N) is 2. The molecule has 2 nitrogen and oxygen atoms in total. The van der Waals surface area contributed by atoms with Crippen molar-refractivity contribution in [1.29, 1.82) is 0 Å². The van der Waals surface area contributed by atoms with Crippen LogP contribution in [0.3, 0.4) is 0 Å². The molecule has 0 aliphatic carbocycles. The molecule has 25 heavy (non-hydrogen) atoms. The molecule has 4 rings (SSSR count). The average Bonchev–Trinajstić information content (AvgIpc) is 2.65. The summed E-state index contributed by atoms with van der Waals surface area (Å²) in [5.41, 5.74) is 4.54. The zero-order valence-electron chi connectivity index (χ0n) is 13.5. The van der Waals surface area contributed by atoms with E-state index in [1.807, 2.05) is 30.3 Å². The molecule has 3 aromatic carbocycles. The zero-order valence-corrected chi connectivity index (χ0v) is 14.3. The lowest BCUT2D eigenvalue weighted by Crippen LogP contribution is -1.95. The van der Waals surface area contributed by atoms with Crippen molar-refractivity contribution in [3.05, 3.63) is 84.2 Å². The van der Waals surface area contributed by atoms with Crippen molar-refractivity contribution in [2.45, 2.75) is 0 Å². The fourth-order valence-electron chi connectivity index (χ4n) is 3.23. The van der Waals surface area contributed by atoms with Crippen molar-refractivity contribution in [2.75, 3.05) is 0 Å². The van der Waals surface area contributed by atoms with E-state index < -0.39 is 0 Å². The van der Waals surface area contributed by atoms with Gasteiger partial charge in [-0.3, -0.25) is 0 Å². The molecule has 0 radical (unpaired) electrons. The molecule has 1 heterocycles. The molecule has 4 aromatic rings. The van der Waals surface area contributed by atoms with Crippen LogP contribution in [0.4, 0.5) is 0 Å². The summed E-state index contributed by atoms with van der Waals surface area (Å²) in [6.07, 6.45) is 3.58. The molecule has 3 heteroatoms. The van der Waals surface area contributed by atoms with Crippen LogP contribution < -0.4 is 0 Å². The van der Waals surface area contributed by atoms with Gasteiger partial charge in [0.15, 0.2) is 0 Å². The Hall–Kier alpha value is -2.97. The summed E-state index contributed by atoms with van der Waals surface area (Å²) in [4.78, 5) is 9.00. The molecule has 0 unspecified atom stereocenters. The third-order valence-electron chi connectivity index (χ3n) is 4.38. The third-order valence-corrected chi connectivity index (χ3v) is 4.55. The Balaban J connectivity index is 2.15. The zero-order chi connectivity index (χ0) is 17.4. The Labute approximate surface area is 151 Å². The van der Waals surface area contributed by atoms with Gasteiger partial charge in [-0.2, -0.15) is 0 Å². The van der Waals surface area contributed by atoms with E-state index in [1.165, 1.54) is 0 Å². The van der Waals surface area contributed by atoms with Gasteiger partial charge in [-0.15, -0.1) is 0 Å². The Bertz CT molecular complexity index is 1140. The van der Waals surface area contributed by atoms with Crippen LogP contribution in [0.5, 0.6) is 0 Å². The highest BCUT2D eigenvalue weighted by atomic mass is 35.5. The molecular weight excluding hydrogens is 328 g/mol. The minimum Gasteiger partial charge on any atom is -0.217 e. The molecule has 0 N–H and O–H groups in total. The van der Waals surface area contributed by atoms with Gasteiger partial charge < -0.3 is 0 Å². The van der Waals surface area contributed by atoms with E-state index in [9.17, 15) is 0 Å². The average molecular weight is 343 g/mol. The molecule has 0 amide bonds. The highest BCUT2D eigenvalue weighted by Gasteiger charge is 2.14. The normalized spacial score (nSPS) is 10.9. The maximum Gasteiger partial charge on any atom is 0.223 e. The molecule has 0 aliphatic rings. The van der Waals surface area contributed by atoms with Crippen LogP contribution in [0.2, 0.25) is 5.28 Å². The van der Waals surface area contributed by atoms with Gasteiger partial charge in [-0.1, -0.05) is 73.8 Å². The van der Waals surface area contributed by atoms with Crippen molar-refractivity contribution in [3.8, 4) is 11.3 Å². The summed E-state index contributed by atoms with van der Waals surface area (Å²) in [6.45, 7) is 7.79. The molecule has 0 fully saturated rings. The number of benzene rings is 3. The maximum atomic E-state index is 6.27. The van der Waals surface area contributed by atoms with Gasteiger partial charge in [0.1, 0.15) is 0 Å². The van der Waals surface area contributed by atoms with E-state index in [0.717, 1.165) is 44.1 Å². The summed E-state index contributed by atoms with van der Waals surface area (Å²) in [5.74, 6) is 0. The highest BCUT2D eigenvalue weighted by Crippen LogP contribution is 2.35. The van der Waals surface area contributed by atoms with Crippen molar-refractivity contribution in [1.82, 2.24) is 9.97 Å². The van der Waals surface area contributed by atoms with Gasteiger partial charge >= 0.3 is 0 Å². The van der Waals surface area contributed by atoms with Crippen LogP contribution in [0.1, 0.15) is 11.1 Å². The first-order valence-electron chi connectivity index (χ1n) is 7.96. The minimum absolute atomic E-state index is 0.222. The largest absolute Gasteiger partial charge is 0.223 e. The second kappa shape index (κ2) is 6.15. The molecule has 120 valence electrons. The molecule has 0 bridgehead atoms. The van der Waals surface area contributed by atoms with E-state index in [1.54, 1.807) is 12.2 Å². The molecule has 0 spiro atoms. The quantitative estimate of drug-likeness (QED) is 0.403. The monoisotopic (exact) mass is 342 g/mol. The lowest BCUT2D eigenvalue weighted by atomic mass is 9.96. The smallest absolute Gasteiger partial charge is 0.217 e. The maximum absolute atomic E-state index is 6.27. The number of halogens is 1. The van der Waals surface area contributed by atoms with Crippen molar-refractivity contribution in [3.63, 3.8) is 0 Å². The summed E-state index contributed by atoms with van der Waals surface area (Å²) in [5, 5.41) is 3.46. The molecule has 0 saturated carbocycles. The van der Waals surface area contributed by atoms with Crippen LogP contribution in [-0.2, 0) is 0 Å². The minimum atomic E-state index is 0.222. The first kappa shape index (κ1) is 15.6. The fraction of sp³-hybridized carbons (Fsp3) is 0. The van der Waals surface area contributed by atoms with E-state index in [4.69, 9.17) is 11.6 Å². The van der Waals surface area contributed by atoms with Crippen molar-refractivity contribution >= 4 is 45.4 Å². The molecular formula is C22H15ClN2. The van der Waals surface area contributed by atoms with Crippen molar-refractivity contribution in [2.24, 2.45) is 0 Å². The van der Waals surface area contributed by atoms with Gasteiger partial charge in [0.25, 0.3) is 0 Å². The van der Waals surface area contributed by atoms with Gasteiger partial charge in [0.05, 0.1) is 11.2 Å². The Kier molecular flexibility index (Phi) is 3.83. The van der Waals surface area contributed by atoms with Gasteiger partial charge in [-0.05, 0) is 34.0 Å². The topological polar surface area (TPSA) is 25.8 Å². The lowest BCUT2D eigenvalue weighted by Gasteiger charge is -2.12. The van der Waals surface area contributed by atoms with E-state index in [-0.39, 0.29) is 5.28 Å². The predicted octanol–water partition coefficient (Wildman–Crippen LogP) is 6.39. The number of hydrogen-bond donors (Lipinski definition) is 0. The molecule has 0 atom stereocenters. The Morgan fingerprint density at radius 2 is 1.60 bits per heavy atom. The summed E-state index contributed by atoms with van der Waals surface area (Å²) in [7, 11) is 0. The summed E-state index contributed by atoms with van der Waals surface area (Å²) < 4.78 is 0. The van der Waals surface area contributed by atoms with Crippen molar-refractivity contribution < 1.29 is 0 Å². The van der Waals surface area contributed by atoms with E-state index in [2.05, 4.69) is 47.4 Å². The van der Waals surface area contributed by atoms with Gasteiger partial charge in [0.2, 0.25) is 5.28 Å². The van der Waals surface area contributed by atoms with Gasteiger partial charge in [-0.25, -0.2) is 9.97 Å². The van der Waals surface area contributed by atoms with Gasteiger partial charge in [0, 0.05) is 16.5 Å². The SMILES string of the molecule is C=Cc1ccc2c(-c3cccc4ccccc34)nc(Cl)nc2c1C=C. The van der Waals surface area contributed by atoms with E-state index >= 15 is 0 Å². The number of fused-ring (bicyclic) bond motifs is 2. The second-order valence-electron chi connectivity index (χ2n) is 5.74. The number of aromatic nitrogens is 2. The third kappa shape index (κ3) is 2.51. The summed E-state index contributed by atoms with van der Waals surface area (Å²) in [6, 6.07) is 18.5. The fourth-order valence-corrected chi connectivity index (χ4v) is 3.40. The van der Waals surface area contributed by atoms with Crippen LogP contribution in [0.25, 0.3) is 45.1 Å². The van der Waals surface area contributed by atoms with Crippen LogP contribution in [-0.4, -0.2) is 9.97 Å². The first-order valence-corrected chi connectivity index (χ1v) is 8.34. The Morgan fingerprint density at radius 3 is 2.40 bits per heavy atom. The van der Waals surface area contributed by atoms with E-state index in [0.29, 0.717) is 0 Å². The van der Waals surface area contributed by atoms with Crippen LogP contribution >= 0.6 is 11.6 Å². The number of hydrogen-bond acceptors (Lipinski definition) is 2. The van der Waals surface area contributed by atoms with Crippen LogP contribution in [0.15, 0.2) is 67.8 Å². The lowest BCUT2D eigenvalue weighted by molar-refractivity contribution is 1.22. The number of rotatable bonds is 3. The second-order valence-corrected chi connectivity index (χ2v) is 6.08. The van der Waals surface area contributed by atoms with Crippen LogP contribution in [0, 0.1) is 0 Å². The molecule has 1 aromatic heterocycles. The molecule has 0 saturated heterocycles.